The number of hydrogen-bond donors (Lipinski definition) is 2. The summed E-state index contributed by atoms with van der Waals surface area (Å²) >= 11 is 0. The fourth-order valence-electron chi connectivity index (χ4n) is 4.38. The van der Waals surface area contributed by atoms with E-state index in [4.69, 9.17) is 4.74 Å². The number of carboxylic acids is 1. The van der Waals surface area contributed by atoms with Crippen LogP contribution in [-0.4, -0.2) is 28.3 Å². The van der Waals surface area contributed by atoms with Crippen LogP contribution >= 0.6 is 0 Å². The van der Waals surface area contributed by atoms with Crippen molar-refractivity contribution in [1.82, 2.24) is 5.32 Å². The van der Waals surface area contributed by atoms with Crippen LogP contribution in [-0.2, 0) is 9.53 Å². The summed E-state index contributed by atoms with van der Waals surface area (Å²) in [5.74, 6) is -0.176. The van der Waals surface area contributed by atoms with Crippen LogP contribution in [0.2, 0.25) is 0 Å². The molecule has 0 aromatic carbocycles. The molecule has 0 aromatic rings. The van der Waals surface area contributed by atoms with Gasteiger partial charge in [0.2, 0.25) is 0 Å². The highest BCUT2D eigenvalue weighted by atomic mass is 16.6. The fraction of sp³-hybridized carbons (Fsp3) is 0.875. The predicted molar refractivity (Wildman–Crippen MR) is 79.0 cm³/mol. The summed E-state index contributed by atoms with van der Waals surface area (Å²) < 4.78 is 5.36. The van der Waals surface area contributed by atoms with Gasteiger partial charge in [0.05, 0.1) is 12.0 Å². The molecule has 120 valence electrons. The molecule has 2 fully saturated rings. The molecule has 0 unspecified atom stereocenters. The number of carbonyl (C=O) groups excluding carboxylic acids is 1. The molecule has 0 saturated heterocycles. The van der Waals surface area contributed by atoms with Crippen molar-refractivity contribution in [3.05, 3.63) is 0 Å². The van der Waals surface area contributed by atoms with Crippen molar-refractivity contribution in [2.45, 2.75) is 71.4 Å². The Bertz CT molecular complexity index is 452. The lowest BCUT2D eigenvalue weighted by Gasteiger charge is -2.49. The second-order valence-corrected chi connectivity index (χ2v) is 8.10. The minimum absolute atomic E-state index is 0.0413. The molecule has 2 aliphatic carbocycles. The van der Waals surface area contributed by atoms with Gasteiger partial charge in [-0.3, -0.25) is 4.79 Å². The molecule has 21 heavy (non-hydrogen) atoms. The molecule has 3 atom stereocenters. The van der Waals surface area contributed by atoms with Gasteiger partial charge in [-0.25, -0.2) is 4.79 Å². The van der Waals surface area contributed by atoms with Gasteiger partial charge in [-0.1, -0.05) is 13.8 Å². The number of ether oxygens (including phenoxy) is 1. The van der Waals surface area contributed by atoms with Crippen LogP contribution in [0, 0.1) is 17.3 Å². The second kappa shape index (κ2) is 4.89. The van der Waals surface area contributed by atoms with Gasteiger partial charge >= 0.3 is 12.1 Å². The van der Waals surface area contributed by atoms with Gasteiger partial charge in [0.1, 0.15) is 5.60 Å². The smallest absolute Gasteiger partial charge is 0.408 e. The molecule has 2 aliphatic rings. The van der Waals surface area contributed by atoms with Crippen molar-refractivity contribution in [1.29, 1.82) is 0 Å². The quantitative estimate of drug-likeness (QED) is 0.839. The van der Waals surface area contributed by atoms with E-state index >= 15 is 0 Å². The van der Waals surface area contributed by atoms with Crippen LogP contribution in [0.1, 0.15) is 60.3 Å². The molecule has 0 spiro atoms. The van der Waals surface area contributed by atoms with E-state index < -0.39 is 23.2 Å². The molecule has 5 nitrogen and oxygen atoms in total. The Kier molecular flexibility index (Phi) is 3.75. The average Bonchev–Trinajstić information content (AvgIpc) is 2.78. The first-order valence-corrected chi connectivity index (χ1v) is 7.71. The highest BCUT2D eigenvalue weighted by Gasteiger charge is 2.64. The normalized spacial score (nSPS) is 33.8. The van der Waals surface area contributed by atoms with Crippen molar-refractivity contribution >= 4 is 12.1 Å². The predicted octanol–water partition coefficient (Wildman–Crippen LogP) is 3.18. The third-order valence-corrected chi connectivity index (χ3v) is 5.45. The Morgan fingerprint density at radius 3 is 2.24 bits per heavy atom. The Balaban J connectivity index is 2.27. The van der Waals surface area contributed by atoms with Crippen LogP contribution in [0.5, 0.6) is 0 Å². The molecule has 2 bridgehead atoms. The number of carbonyl (C=O) groups is 2. The van der Waals surface area contributed by atoms with E-state index in [2.05, 4.69) is 19.2 Å². The van der Waals surface area contributed by atoms with Crippen LogP contribution in [0.3, 0.4) is 0 Å². The fourth-order valence-corrected chi connectivity index (χ4v) is 4.38. The second-order valence-electron chi connectivity index (χ2n) is 8.10. The summed E-state index contributed by atoms with van der Waals surface area (Å²) in [6.45, 7) is 9.58. The third-order valence-electron chi connectivity index (χ3n) is 5.45. The topological polar surface area (TPSA) is 75.6 Å². The summed E-state index contributed by atoms with van der Waals surface area (Å²) in [6.07, 6.45) is 2.55. The van der Waals surface area contributed by atoms with E-state index in [1.165, 1.54) is 0 Å². The summed E-state index contributed by atoms with van der Waals surface area (Å²) in [5, 5.41) is 12.3. The number of nitrogens with one attached hydrogen (secondary N) is 1. The number of hydrogen-bond acceptors (Lipinski definition) is 3. The number of alkyl carbamates (subject to hydrolysis) is 1. The van der Waals surface area contributed by atoms with E-state index in [-0.39, 0.29) is 17.8 Å². The molecule has 0 radical (unpaired) electrons. The lowest BCUT2D eigenvalue weighted by molar-refractivity contribution is -0.141. The van der Waals surface area contributed by atoms with Crippen molar-refractivity contribution in [3.63, 3.8) is 0 Å². The standard InChI is InChI=1S/C16H27NO4/c1-14(2,3)21-13(20)17-16(9-12(18)19)11-7-6-10(8-11)15(16,4)5/h10-11H,6-9H2,1-5H3,(H,17,20)(H,18,19)/t10-,11+,16-/m0/s1. The van der Waals surface area contributed by atoms with E-state index in [9.17, 15) is 14.7 Å². The number of carboxylic acid groups (broad SMARTS) is 1. The van der Waals surface area contributed by atoms with Crippen molar-refractivity contribution in [2.24, 2.45) is 17.3 Å². The molecule has 0 aromatic heterocycles. The summed E-state index contributed by atoms with van der Waals surface area (Å²) in [5.41, 5.74) is -1.52. The lowest BCUT2D eigenvalue weighted by atomic mass is 9.61. The molecule has 0 aliphatic heterocycles. The Labute approximate surface area is 126 Å². The first-order valence-electron chi connectivity index (χ1n) is 7.71. The van der Waals surface area contributed by atoms with Crippen LogP contribution in [0.25, 0.3) is 0 Å². The highest BCUT2D eigenvalue weighted by molar-refractivity contribution is 5.74. The van der Waals surface area contributed by atoms with E-state index in [0.29, 0.717) is 5.92 Å². The Morgan fingerprint density at radius 1 is 1.24 bits per heavy atom. The van der Waals surface area contributed by atoms with Crippen molar-refractivity contribution < 1.29 is 19.4 Å². The van der Waals surface area contributed by atoms with Crippen LogP contribution in [0.15, 0.2) is 0 Å². The molecule has 2 rings (SSSR count). The number of amides is 1. The number of rotatable bonds is 3. The van der Waals surface area contributed by atoms with E-state index in [1.54, 1.807) is 0 Å². The molecule has 1 amide bonds. The first-order chi connectivity index (χ1) is 9.48. The highest BCUT2D eigenvalue weighted by Crippen LogP contribution is 2.62. The number of fused-ring (bicyclic) bond motifs is 2. The molecular formula is C16H27NO4. The first kappa shape index (κ1) is 16.1. The van der Waals surface area contributed by atoms with Gasteiger partial charge in [-0.05, 0) is 57.3 Å². The SMILES string of the molecule is CC(C)(C)OC(=O)N[C@@]1(CC(=O)O)[C@@H]2CC[C@@H](C2)C1(C)C. The van der Waals surface area contributed by atoms with E-state index in [0.717, 1.165) is 19.3 Å². The maximum Gasteiger partial charge on any atom is 0.408 e. The monoisotopic (exact) mass is 297 g/mol. The molecule has 2 saturated carbocycles. The van der Waals surface area contributed by atoms with E-state index in [1.807, 2.05) is 20.8 Å². The maximum absolute atomic E-state index is 12.2. The zero-order valence-electron chi connectivity index (χ0n) is 13.7. The van der Waals surface area contributed by atoms with Gasteiger partial charge in [0.15, 0.2) is 0 Å². The molecule has 0 heterocycles. The zero-order chi connectivity index (χ0) is 16.1. The largest absolute Gasteiger partial charge is 0.481 e. The minimum atomic E-state index is -0.869. The van der Waals surface area contributed by atoms with Gasteiger partial charge < -0.3 is 15.2 Å². The van der Waals surface area contributed by atoms with Gasteiger partial charge in [0.25, 0.3) is 0 Å². The Hall–Kier alpha value is -1.26. The Morgan fingerprint density at radius 2 is 1.81 bits per heavy atom. The zero-order valence-corrected chi connectivity index (χ0v) is 13.7. The average molecular weight is 297 g/mol. The van der Waals surface area contributed by atoms with Gasteiger partial charge in [-0.15, -0.1) is 0 Å². The molecular weight excluding hydrogens is 270 g/mol. The summed E-state index contributed by atoms with van der Waals surface area (Å²) in [4.78, 5) is 23.6. The van der Waals surface area contributed by atoms with Crippen molar-refractivity contribution in [2.75, 3.05) is 0 Å². The summed E-state index contributed by atoms with van der Waals surface area (Å²) in [6, 6.07) is 0. The summed E-state index contributed by atoms with van der Waals surface area (Å²) in [7, 11) is 0. The van der Waals surface area contributed by atoms with Gasteiger partial charge in [-0.2, -0.15) is 0 Å². The molecule has 2 N–H and O–H groups in total. The lowest BCUT2D eigenvalue weighted by Crippen LogP contribution is -2.62. The van der Waals surface area contributed by atoms with Gasteiger partial charge in [0, 0.05) is 0 Å². The molecule has 5 heteroatoms. The maximum atomic E-state index is 12.2. The van der Waals surface area contributed by atoms with Crippen LogP contribution in [0.4, 0.5) is 4.79 Å². The van der Waals surface area contributed by atoms with Crippen LogP contribution < -0.4 is 5.32 Å². The number of aliphatic carboxylic acids is 1. The van der Waals surface area contributed by atoms with Crippen molar-refractivity contribution in [3.8, 4) is 0 Å². The minimum Gasteiger partial charge on any atom is -0.481 e. The third kappa shape index (κ3) is 2.74.